The first kappa shape index (κ1) is 23.2. The van der Waals surface area contributed by atoms with Gasteiger partial charge in [0.2, 0.25) is 0 Å². The summed E-state index contributed by atoms with van der Waals surface area (Å²) in [6.45, 7) is 7.14. The van der Waals surface area contributed by atoms with Crippen LogP contribution in [0.2, 0.25) is 0 Å². The van der Waals surface area contributed by atoms with Gasteiger partial charge in [0.25, 0.3) is 0 Å². The van der Waals surface area contributed by atoms with Crippen molar-refractivity contribution in [3.63, 3.8) is 0 Å². The maximum Gasteiger partial charge on any atom is 0.346 e. The first-order chi connectivity index (χ1) is 12.7. The molecule has 0 spiro atoms. The van der Waals surface area contributed by atoms with Gasteiger partial charge >= 0.3 is 7.60 Å². The molecule has 0 aromatic heterocycles. The van der Waals surface area contributed by atoms with Crippen LogP contribution in [0.4, 0.5) is 0 Å². The number of rotatable bonds is 8. The normalized spacial score (nSPS) is 29.4. The van der Waals surface area contributed by atoms with Gasteiger partial charge < -0.3 is 24.0 Å². The maximum atomic E-state index is 13.7. The van der Waals surface area contributed by atoms with Crippen LogP contribution in [0.3, 0.4) is 0 Å². The van der Waals surface area contributed by atoms with Gasteiger partial charge in [0.15, 0.2) is 0 Å². The Labute approximate surface area is 169 Å². The molecule has 27 heavy (non-hydrogen) atoms. The van der Waals surface area contributed by atoms with Crippen molar-refractivity contribution in [3.8, 4) is 0 Å². The Morgan fingerprint density at radius 3 is 2.07 bits per heavy atom. The standard InChI is InChI=1S/C18H29O6PS2/c1-11(2)23-25(21,24-12(3)4)17-16(22-5)14(19)15(20)18(27-17)26-13-9-7-6-8-10-13/h6-12,14-20H,1-5H3. The molecule has 1 saturated heterocycles. The lowest BCUT2D eigenvalue weighted by Crippen LogP contribution is -2.53. The summed E-state index contributed by atoms with van der Waals surface area (Å²) in [6, 6.07) is 9.58. The van der Waals surface area contributed by atoms with Crippen LogP contribution in [0.25, 0.3) is 0 Å². The summed E-state index contributed by atoms with van der Waals surface area (Å²) < 4.78 is 30.1. The highest BCUT2D eigenvalue weighted by Gasteiger charge is 2.54. The quantitative estimate of drug-likeness (QED) is 0.593. The second kappa shape index (κ2) is 10.1. The highest BCUT2D eigenvalue weighted by atomic mass is 32.2. The SMILES string of the molecule is COC1C(O)C(O)C(Sc2ccccc2)SC1P(=O)(OC(C)C)OC(C)C. The first-order valence-corrected chi connectivity index (χ1v) is 12.3. The van der Waals surface area contributed by atoms with E-state index in [1.807, 2.05) is 30.3 Å². The number of ether oxygens (including phenoxy) is 1. The van der Waals surface area contributed by atoms with E-state index in [2.05, 4.69) is 0 Å². The molecule has 0 bridgehead atoms. The third kappa shape index (κ3) is 5.97. The van der Waals surface area contributed by atoms with E-state index in [0.29, 0.717) is 0 Å². The summed E-state index contributed by atoms with van der Waals surface area (Å²) in [4.78, 5) is 0.187. The molecule has 154 valence electrons. The molecule has 2 rings (SSSR count). The fraction of sp³-hybridized carbons (Fsp3) is 0.667. The Hall–Kier alpha value is -0.0500. The Morgan fingerprint density at radius 1 is 1.04 bits per heavy atom. The van der Waals surface area contributed by atoms with E-state index in [0.717, 1.165) is 4.90 Å². The molecule has 1 heterocycles. The average Bonchev–Trinajstić information content (AvgIpc) is 2.58. The first-order valence-electron chi connectivity index (χ1n) is 8.90. The summed E-state index contributed by atoms with van der Waals surface area (Å²) in [7, 11) is -2.21. The minimum Gasteiger partial charge on any atom is -0.388 e. The van der Waals surface area contributed by atoms with Crippen LogP contribution >= 0.6 is 31.1 Å². The molecule has 0 radical (unpaired) electrons. The van der Waals surface area contributed by atoms with Crippen molar-refractivity contribution in [2.24, 2.45) is 0 Å². The van der Waals surface area contributed by atoms with Gasteiger partial charge in [-0.05, 0) is 39.8 Å². The molecule has 9 heteroatoms. The van der Waals surface area contributed by atoms with Crippen LogP contribution in [-0.4, -0.2) is 57.4 Å². The van der Waals surface area contributed by atoms with Gasteiger partial charge in [0.1, 0.15) is 23.3 Å². The van der Waals surface area contributed by atoms with Crippen LogP contribution in [-0.2, 0) is 18.3 Å². The number of aliphatic hydroxyl groups excluding tert-OH is 2. The summed E-state index contributed by atoms with van der Waals surface area (Å²) in [5.74, 6) is 0. The van der Waals surface area contributed by atoms with Crippen LogP contribution in [0, 0.1) is 0 Å². The van der Waals surface area contributed by atoms with Gasteiger partial charge in [-0.25, -0.2) is 0 Å². The van der Waals surface area contributed by atoms with Gasteiger partial charge in [-0.2, -0.15) is 0 Å². The lowest BCUT2D eigenvalue weighted by molar-refractivity contribution is -0.0710. The molecular formula is C18H29O6PS2. The summed E-state index contributed by atoms with van der Waals surface area (Å²) in [5, 5.41) is 21.3. The van der Waals surface area contributed by atoms with Gasteiger partial charge in [-0.15, -0.1) is 23.5 Å². The van der Waals surface area contributed by atoms with Gasteiger partial charge in [-0.3, -0.25) is 4.57 Å². The minimum absolute atomic E-state index is 0.322. The predicted molar refractivity (Wildman–Crippen MR) is 110 cm³/mol. The van der Waals surface area contributed by atoms with Gasteiger partial charge in [0, 0.05) is 12.0 Å². The topological polar surface area (TPSA) is 85.2 Å². The highest BCUT2D eigenvalue weighted by Crippen LogP contribution is 2.64. The zero-order chi connectivity index (χ0) is 20.2. The van der Waals surface area contributed by atoms with Crippen molar-refractivity contribution in [1.29, 1.82) is 0 Å². The van der Waals surface area contributed by atoms with Crippen molar-refractivity contribution in [3.05, 3.63) is 30.3 Å². The zero-order valence-electron chi connectivity index (χ0n) is 16.2. The van der Waals surface area contributed by atoms with E-state index in [-0.39, 0.29) is 12.2 Å². The van der Waals surface area contributed by atoms with Crippen molar-refractivity contribution in [2.75, 3.05) is 7.11 Å². The summed E-state index contributed by atoms with van der Waals surface area (Å²) in [5.41, 5.74) is 0. The Balaban J connectivity index is 2.33. The Kier molecular flexibility index (Phi) is 8.71. The minimum atomic E-state index is -3.63. The number of hydrogen-bond acceptors (Lipinski definition) is 8. The monoisotopic (exact) mass is 436 g/mol. The van der Waals surface area contributed by atoms with Crippen molar-refractivity contribution < 1.29 is 28.6 Å². The molecule has 0 aliphatic carbocycles. The van der Waals surface area contributed by atoms with Crippen molar-refractivity contribution in [1.82, 2.24) is 0 Å². The molecule has 1 aromatic rings. The number of hydrogen-bond donors (Lipinski definition) is 2. The summed E-state index contributed by atoms with van der Waals surface area (Å²) >= 11 is 2.69. The van der Waals surface area contributed by atoms with E-state index < -0.39 is 35.5 Å². The third-order valence-electron chi connectivity index (χ3n) is 3.81. The predicted octanol–water partition coefficient (Wildman–Crippen LogP) is 3.96. The molecule has 0 amide bonds. The number of benzene rings is 1. The molecule has 1 aromatic carbocycles. The van der Waals surface area contributed by atoms with Crippen LogP contribution in [0.5, 0.6) is 0 Å². The largest absolute Gasteiger partial charge is 0.388 e. The molecular weight excluding hydrogens is 407 g/mol. The summed E-state index contributed by atoms with van der Waals surface area (Å²) in [6.07, 6.45) is -3.77. The second-order valence-corrected chi connectivity index (χ2v) is 12.1. The lowest BCUT2D eigenvalue weighted by atomic mass is 10.1. The molecule has 2 N–H and O–H groups in total. The number of aliphatic hydroxyl groups is 2. The fourth-order valence-electron chi connectivity index (χ4n) is 2.79. The Morgan fingerprint density at radius 2 is 1.59 bits per heavy atom. The van der Waals surface area contributed by atoms with Crippen molar-refractivity contribution in [2.45, 2.75) is 72.7 Å². The van der Waals surface area contributed by atoms with Gasteiger partial charge in [0.05, 0.1) is 16.8 Å². The van der Waals surface area contributed by atoms with Crippen molar-refractivity contribution >= 4 is 31.1 Å². The van der Waals surface area contributed by atoms with E-state index in [1.165, 1.54) is 30.6 Å². The average molecular weight is 437 g/mol. The smallest absolute Gasteiger partial charge is 0.346 e. The lowest BCUT2D eigenvalue weighted by Gasteiger charge is -2.43. The van der Waals surface area contributed by atoms with Crippen LogP contribution < -0.4 is 0 Å². The van der Waals surface area contributed by atoms with Crippen LogP contribution in [0.15, 0.2) is 35.2 Å². The zero-order valence-corrected chi connectivity index (χ0v) is 18.7. The van der Waals surface area contributed by atoms with Crippen LogP contribution in [0.1, 0.15) is 27.7 Å². The number of thioether (sulfide) groups is 2. The van der Waals surface area contributed by atoms with E-state index in [9.17, 15) is 14.8 Å². The fourth-order valence-corrected chi connectivity index (χ4v) is 9.27. The second-order valence-electron chi connectivity index (χ2n) is 6.86. The maximum absolute atomic E-state index is 13.7. The molecule has 1 aliphatic heterocycles. The molecule has 6 nitrogen and oxygen atoms in total. The van der Waals surface area contributed by atoms with E-state index >= 15 is 0 Å². The number of methoxy groups -OCH3 is 1. The molecule has 5 unspecified atom stereocenters. The molecule has 0 saturated carbocycles. The Bertz CT molecular complexity index is 616. The molecule has 1 aliphatic rings. The third-order valence-corrected chi connectivity index (χ3v) is 10.1. The molecule has 1 fully saturated rings. The van der Waals surface area contributed by atoms with E-state index in [4.69, 9.17) is 13.8 Å². The highest BCUT2D eigenvalue weighted by molar-refractivity contribution is 8.19. The van der Waals surface area contributed by atoms with Gasteiger partial charge in [-0.1, -0.05) is 18.2 Å². The molecule has 5 atom stereocenters. The van der Waals surface area contributed by atoms with E-state index in [1.54, 1.807) is 27.7 Å².